The molecular formula is C21H18N2O5S. The quantitative estimate of drug-likeness (QED) is 0.641. The van der Waals surface area contributed by atoms with Crippen molar-refractivity contribution in [1.82, 2.24) is 4.98 Å². The second kappa shape index (κ2) is 7.92. The van der Waals surface area contributed by atoms with Crippen molar-refractivity contribution < 1.29 is 22.1 Å². The van der Waals surface area contributed by atoms with Crippen LogP contribution in [-0.2, 0) is 21.3 Å². The maximum Gasteiger partial charge on any atom is 0.339 e. The summed E-state index contributed by atoms with van der Waals surface area (Å²) in [5.74, 6) is 1.05. The second-order valence-electron chi connectivity index (χ2n) is 6.50. The van der Waals surface area contributed by atoms with E-state index in [1.54, 1.807) is 48.7 Å². The van der Waals surface area contributed by atoms with Crippen molar-refractivity contribution in [1.29, 1.82) is 0 Å². The Bertz CT molecular complexity index is 1130. The first-order chi connectivity index (χ1) is 14.0. The highest BCUT2D eigenvalue weighted by atomic mass is 32.2. The fraction of sp³-hybridized carbons (Fsp3) is 0.143. The van der Waals surface area contributed by atoms with Gasteiger partial charge in [-0.05, 0) is 66.9 Å². The number of rotatable bonds is 5. The van der Waals surface area contributed by atoms with E-state index >= 15 is 0 Å². The van der Waals surface area contributed by atoms with Gasteiger partial charge in [0.2, 0.25) is 11.8 Å². The highest BCUT2D eigenvalue weighted by Gasteiger charge is 2.20. The van der Waals surface area contributed by atoms with Gasteiger partial charge in [-0.3, -0.25) is 4.79 Å². The number of benzene rings is 2. The van der Waals surface area contributed by atoms with Gasteiger partial charge in [0.1, 0.15) is 16.4 Å². The SMILES string of the molecule is O=C1CCCc2cc(S(=O)(=O)Oc3ccc(Oc4ccccn4)cc3)ccc2N1. The van der Waals surface area contributed by atoms with Crippen LogP contribution in [0.3, 0.4) is 0 Å². The van der Waals surface area contributed by atoms with Gasteiger partial charge in [0.15, 0.2) is 0 Å². The van der Waals surface area contributed by atoms with Crippen molar-refractivity contribution >= 4 is 21.7 Å². The number of pyridine rings is 1. The average Bonchev–Trinajstić information content (AvgIpc) is 2.90. The summed E-state index contributed by atoms with van der Waals surface area (Å²) in [6.07, 6.45) is 3.32. The summed E-state index contributed by atoms with van der Waals surface area (Å²) >= 11 is 0. The minimum absolute atomic E-state index is 0.0428. The molecule has 1 N–H and O–H groups in total. The molecule has 1 aliphatic rings. The number of carbonyl (C=O) groups excluding carboxylic acids is 1. The summed E-state index contributed by atoms with van der Waals surface area (Å²) in [6, 6.07) is 16.1. The van der Waals surface area contributed by atoms with Crippen LogP contribution in [0.15, 0.2) is 71.8 Å². The Kier molecular flexibility index (Phi) is 5.18. The molecular weight excluding hydrogens is 392 g/mol. The van der Waals surface area contributed by atoms with Gasteiger partial charge in [-0.1, -0.05) is 6.07 Å². The van der Waals surface area contributed by atoms with E-state index in [-0.39, 0.29) is 16.6 Å². The highest BCUT2D eigenvalue weighted by molar-refractivity contribution is 7.87. The molecule has 0 saturated heterocycles. The number of fused-ring (bicyclic) bond motifs is 1. The van der Waals surface area contributed by atoms with Crippen molar-refractivity contribution in [3.8, 4) is 17.4 Å². The molecule has 29 heavy (non-hydrogen) atoms. The van der Waals surface area contributed by atoms with Gasteiger partial charge in [0.05, 0.1) is 0 Å². The van der Waals surface area contributed by atoms with Crippen LogP contribution in [0.25, 0.3) is 0 Å². The smallest absolute Gasteiger partial charge is 0.339 e. The molecule has 1 amide bonds. The Balaban J connectivity index is 1.50. The number of ether oxygens (including phenoxy) is 1. The first-order valence-electron chi connectivity index (χ1n) is 9.06. The molecule has 0 fully saturated rings. The lowest BCUT2D eigenvalue weighted by Gasteiger charge is -2.11. The van der Waals surface area contributed by atoms with Crippen molar-refractivity contribution in [2.24, 2.45) is 0 Å². The first-order valence-corrected chi connectivity index (χ1v) is 10.5. The van der Waals surface area contributed by atoms with Gasteiger partial charge >= 0.3 is 10.1 Å². The Morgan fingerprint density at radius 3 is 2.48 bits per heavy atom. The molecule has 0 radical (unpaired) electrons. The third-order valence-corrected chi connectivity index (χ3v) is 5.62. The summed E-state index contributed by atoms with van der Waals surface area (Å²) in [5, 5.41) is 2.78. The molecule has 0 unspecified atom stereocenters. The predicted molar refractivity (Wildman–Crippen MR) is 107 cm³/mol. The lowest BCUT2D eigenvalue weighted by atomic mass is 10.1. The van der Waals surface area contributed by atoms with Crippen LogP contribution in [-0.4, -0.2) is 19.3 Å². The number of hydrogen-bond donors (Lipinski definition) is 1. The molecule has 0 saturated carbocycles. The number of hydrogen-bond acceptors (Lipinski definition) is 6. The third kappa shape index (κ3) is 4.55. The Hall–Kier alpha value is -3.39. The van der Waals surface area contributed by atoms with E-state index < -0.39 is 10.1 Å². The normalized spacial score (nSPS) is 13.7. The number of anilines is 1. The third-order valence-electron chi connectivity index (χ3n) is 4.38. The van der Waals surface area contributed by atoms with Gasteiger partial charge in [-0.2, -0.15) is 8.42 Å². The van der Waals surface area contributed by atoms with Gasteiger partial charge < -0.3 is 14.2 Å². The van der Waals surface area contributed by atoms with Crippen LogP contribution in [0.4, 0.5) is 5.69 Å². The molecule has 0 bridgehead atoms. The van der Waals surface area contributed by atoms with E-state index in [0.29, 0.717) is 36.6 Å². The molecule has 2 aromatic carbocycles. The largest absolute Gasteiger partial charge is 0.439 e. The topological polar surface area (TPSA) is 94.6 Å². The van der Waals surface area contributed by atoms with Gasteiger partial charge in [-0.25, -0.2) is 4.98 Å². The van der Waals surface area contributed by atoms with Crippen molar-refractivity contribution in [2.75, 3.05) is 5.32 Å². The molecule has 4 rings (SSSR count). The van der Waals surface area contributed by atoms with E-state index in [9.17, 15) is 13.2 Å². The Labute approximate surface area is 168 Å². The number of aryl methyl sites for hydroxylation is 1. The number of carbonyl (C=O) groups is 1. The molecule has 1 aliphatic heterocycles. The molecule has 148 valence electrons. The van der Waals surface area contributed by atoms with Crippen LogP contribution >= 0.6 is 0 Å². The van der Waals surface area contributed by atoms with E-state index in [1.807, 2.05) is 0 Å². The summed E-state index contributed by atoms with van der Waals surface area (Å²) in [5.41, 5.74) is 1.42. The summed E-state index contributed by atoms with van der Waals surface area (Å²) in [4.78, 5) is 15.8. The number of nitrogens with one attached hydrogen (secondary N) is 1. The number of aromatic nitrogens is 1. The Morgan fingerprint density at radius 1 is 0.931 bits per heavy atom. The van der Waals surface area contributed by atoms with E-state index in [4.69, 9.17) is 8.92 Å². The van der Waals surface area contributed by atoms with E-state index in [1.165, 1.54) is 18.2 Å². The fourth-order valence-corrected chi connectivity index (χ4v) is 3.95. The molecule has 7 nitrogen and oxygen atoms in total. The van der Waals surface area contributed by atoms with Gasteiger partial charge in [-0.15, -0.1) is 0 Å². The van der Waals surface area contributed by atoms with E-state index in [2.05, 4.69) is 10.3 Å². The van der Waals surface area contributed by atoms with Crippen molar-refractivity contribution in [2.45, 2.75) is 24.2 Å². The zero-order chi connectivity index (χ0) is 20.3. The number of nitrogens with zero attached hydrogens (tertiary/aromatic N) is 1. The molecule has 8 heteroatoms. The summed E-state index contributed by atoms with van der Waals surface area (Å²) in [7, 11) is -4.01. The standard InChI is InChI=1S/C21H18N2O5S/c24-20-5-3-4-15-14-18(11-12-19(15)23-20)29(25,26)28-17-9-7-16(8-10-17)27-21-6-1-2-13-22-21/h1-2,6-14H,3-5H2,(H,23,24). The summed E-state index contributed by atoms with van der Waals surface area (Å²) < 4.78 is 36.2. The minimum Gasteiger partial charge on any atom is -0.439 e. The monoisotopic (exact) mass is 410 g/mol. The van der Waals surface area contributed by atoms with Crippen LogP contribution in [0.2, 0.25) is 0 Å². The average molecular weight is 410 g/mol. The van der Waals surface area contributed by atoms with Crippen molar-refractivity contribution in [3.63, 3.8) is 0 Å². The molecule has 0 spiro atoms. The lowest BCUT2D eigenvalue weighted by molar-refractivity contribution is -0.116. The first kappa shape index (κ1) is 18.9. The predicted octanol–water partition coefficient (Wildman–Crippen LogP) is 3.92. The molecule has 3 aromatic rings. The van der Waals surface area contributed by atoms with E-state index in [0.717, 1.165) is 5.56 Å². The zero-order valence-electron chi connectivity index (χ0n) is 15.4. The van der Waals surface area contributed by atoms with Crippen molar-refractivity contribution in [3.05, 3.63) is 72.4 Å². The van der Waals surface area contributed by atoms with Gasteiger partial charge in [0.25, 0.3) is 0 Å². The second-order valence-corrected chi connectivity index (χ2v) is 8.05. The van der Waals surface area contributed by atoms with Gasteiger partial charge in [0, 0.05) is 24.4 Å². The molecule has 1 aromatic heterocycles. The number of amides is 1. The maximum atomic E-state index is 12.7. The minimum atomic E-state index is -4.01. The molecule has 0 aliphatic carbocycles. The lowest BCUT2D eigenvalue weighted by Crippen LogP contribution is -2.12. The van der Waals surface area contributed by atoms with Crippen LogP contribution < -0.4 is 14.2 Å². The van der Waals surface area contributed by atoms with Crippen LogP contribution in [0.5, 0.6) is 17.4 Å². The highest BCUT2D eigenvalue weighted by Crippen LogP contribution is 2.28. The van der Waals surface area contributed by atoms with Crippen LogP contribution in [0.1, 0.15) is 18.4 Å². The molecule has 0 atom stereocenters. The zero-order valence-corrected chi connectivity index (χ0v) is 16.2. The Morgan fingerprint density at radius 2 is 1.72 bits per heavy atom. The molecule has 2 heterocycles. The summed E-state index contributed by atoms with van der Waals surface area (Å²) in [6.45, 7) is 0. The fourth-order valence-electron chi connectivity index (χ4n) is 2.97. The maximum absolute atomic E-state index is 12.7. The van der Waals surface area contributed by atoms with Crippen LogP contribution in [0, 0.1) is 0 Å².